The van der Waals surface area contributed by atoms with Crippen molar-refractivity contribution in [2.45, 2.75) is 6.92 Å². The lowest BCUT2D eigenvalue weighted by Gasteiger charge is -1.90. The molecule has 9 heavy (non-hydrogen) atoms. The second-order valence-electron chi connectivity index (χ2n) is 1.15. The van der Waals surface area contributed by atoms with Crippen molar-refractivity contribution in [1.29, 1.82) is 0 Å². The minimum Gasteiger partial charge on any atom is -0.399 e. The van der Waals surface area contributed by atoms with Gasteiger partial charge in [-0.1, -0.05) is 0 Å². The third-order valence-corrected chi connectivity index (χ3v) is 1.03. The molecule has 0 saturated carbocycles. The molecule has 0 saturated heterocycles. The smallest absolute Gasteiger partial charge is 0.399 e. The number of rotatable bonds is 0. The van der Waals surface area contributed by atoms with E-state index in [1.807, 2.05) is 0 Å². The Kier molecular flexibility index (Phi) is 2.72. The first kappa shape index (κ1) is 7.96. The van der Waals surface area contributed by atoms with Gasteiger partial charge in [-0.25, -0.2) is 4.79 Å². The zero-order valence-corrected chi connectivity index (χ0v) is 5.44. The van der Waals surface area contributed by atoms with Gasteiger partial charge in [0.2, 0.25) is 5.05 Å². The van der Waals surface area contributed by atoms with Crippen LogP contribution in [0, 0.1) is 0 Å². The fourth-order valence-electron chi connectivity index (χ4n) is 0.176. The van der Waals surface area contributed by atoms with Crippen LogP contribution < -0.4 is 5.73 Å². The van der Waals surface area contributed by atoms with E-state index in [9.17, 15) is 13.2 Å². The van der Waals surface area contributed by atoms with E-state index >= 15 is 0 Å². The maximum absolute atomic E-state index is 9.86. The molecule has 0 aliphatic heterocycles. The Morgan fingerprint density at radius 2 is 2.00 bits per heavy atom. The van der Waals surface area contributed by atoms with Gasteiger partial charge in [-0.2, -0.15) is 8.42 Å². The summed E-state index contributed by atoms with van der Waals surface area (Å²) in [4.78, 5) is 9.82. The lowest BCUT2D eigenvalue weighted by molar-refractivity contribution is 0.209. The van der Waals surface area contributed by atoms with E-state index in [1.54, 1.807) is 0 Å². The number of carbonyl (C=O) groups excluding carboxylic acids is 1. The van der Waals surface area contributed by atoms with E-state index in [0.717, 1.165) is 6.92 Å². The molecule has 0 atom stereocenters. The second-order valence-corrected chi connectivity index (χ2v) is 2.19. The first-order valence-corrected chi connectivity index (χ1v) is 3.01. The van der Waals surface area contributed by atoms with Gasteiger partial charge in [0.15, 0.2) is 0 Å². The number of nitrogens with two attached hydrogens (primary N) is 1. The molecule has 0 rings (SSSR count). The van der Waals surface area contributed by atoms with Crippen molar-refractivity contribution in [3.8, 4) is 0 Å². The summed E-state index contributed by atoms with van der Waals surface area (Å²) in [6, 6.07) is 0. The summed E-state index contributed by atoms with van der Waals surface area (Å²) in [5.41, 5.74) is 4.48. The van der Waals surface area contributed by atoms with Crippen molar-refractivity contribution in [3.05, 3.63) is 0 Å². The van der Waals surface area contributed by atoms with Gasteiger partial charge in [-0.15, -0.1) is 0 Å². The molecule has 0 aromatic heterocycles. The van der Waals surface area contributed by atoms with Crippen molar-refractivity contribution >= 4 is 21.4 Å². The van der Waals surface area contributed by atoms with Crippen LogP contribution in [-0.2, 0) is 15.0 Å². The molecule has 0 aromatic carbocycles. The summed E-state index contributed by atoms with van der Waals surface area (Å²) < 4.78 is 23.7. The highest BCUT2D eigenvalue weighted by atomic mass is 32.2. The van der Waals surface area contributed by atoms with Gasteiger partial charge < -0.3 is 10.5 Å². The van der Waals surface area contributed by atoms with Crippen LogP contribution in [0.4, 0.5) is 4.79 Å². The quantitative estimate of drug-likeness (QED) is 0.455. The summed E-state index contributed by atoms with van der Waals surface area (Å²) in [5, 5.41) is -0.428. The first-order valence-electron chi connectivity index (χ1n) is 1.94. The van der Waals surface area contributed by atoms with Gasteiger partial charge in [0, 0.05) is 6.92 Å². The topological polar surface area (TPSA) is 86.5 Å². The number of hydrogen-bond donors (Lipinski definition) is 1. The van der Waals surface area contributed by atoms with E-state index in [1.165, 1.54) is 0 Å². The first-order chi connectivity index (χ1) is 4.04. The minimum atomic E-state index is -2.49. The van der Waals surface area contributed by atoms with Crippen LogP contribution in [-0.4, -0.2) is 19.6 Å². The van der Waals surface area contributed by atoms with E-state index in [0.29, 0.717) is 0 Å². The third kappa shape index (κ3) is 3.53. The Morgan fingerprint density at radius 1 is 1.56 bits per heavy atom. The molecule has 0 heterocycles. The van der Waals surface area contributed by atoms with Gasteiger partial charge in [-0.05, 0) is 0 Å². The van der Waals surface area contributed by atoms with Crippen LogP contribution in [0.5, 0.6) is 0 Å². The molecule has 5 nitrogen and oxygen atoms in total. The maximum atomic E-state index is 9.86. The number of amides is 1. The van der Waals surface area contributed by atoms with Crippen LogP contribution in [0.1, 0.15) is 6.92 Å². The van der Waals surface area contributed by atoms with E-state index < -0.39 is 21.4 Å². The summed E-state index contributed by atoms with van der Waals surface area (Å²) in [5.74, 6) is 0. The fraction of sp³-hybridized carbons (Fsp3) is 0.333. The Bertz CT molecular complexity index is 231. The molecule has 0 radical (unpaired) electrons. The van der Waals surface area contributed by atoms with E-state index in [2.05, 4.69) is 10.5 Å². The molecule has 0 aliphatic carbocycles. The van der Waals surface area contributed by atoms with Crippen molar-refractivity contribution < 1.29 is 17.9 Å². The lowest BCUT2D eigenvalue weighted by atomic mass is 10.9. The highest BCUT2D eigenvalue weighted by Crippen LogP contribution is 1.74. The van der Waals surface area contributed by atoms with Crippen molar-refractivity contribution in [1.82, 2.24) is 0 Å². The predicted molar refractivity (Wildman–Crippen MR) is 30.3 cm³/mol. The van der Waals surface area contributed by atoms with Crippen LogP contribution in [0.3, 0.4) is 0 Å². The summed E-state index contributed by atoms with van der Waals surface area (Å²) in [6.07, 6.45) is -1.13. The minimum absolute atomic E-state index is 0.428. The standard InChI is InChI=1S/C3H5NO4S/c1-2(9(6)7)8-3(4)5/h1H3,(H2,4,5). The molecule has 0 aliphatic rings. The lowest BCUT2D eigenvalue weighted by Crippen LogP contribution is -2.16. The fourth-order valence-corrected chi connectivity index (χ4v) is 0.326. The number of ether oxygens (including phenoxy) is 1. The third-order valence-electron chi connectivity index (χ3n) is 0.479. The van der Waals surface area contributed by atoms with E-state index in [4.69, 9.17) is 0 Å². The Morgan fingerprint density at radius 3 is 2.11 bits per heavy atom. The summed E-state index contributed by atoms with van der Waals surface area (Å²) in [6.45, 7) is 1.12. The molecule has 0 unspecified atom stereocenters. The molecule has 52 valence electrons. The summed E-state index contributed by atoms with van der Waals surface area (Å²) >= 11 is 0. The van der Waals surface area contributed by atoms with Gasteiger partial charge in [-0.3, -0.25) is 0 Å². The Balaban J connectivity index is 4.28. The van der Waals surface area contributed by atoms with Crippen molar-refractivity contribution in [3.63, 3.8) is 0 Å². The van der Waals surface area contributed by atoms with Gasteiger partial charge >= 0.3 is 6.09 Å². The summed E-state index contributed by atoms with van der Waals surface area (Å²) in [7, 11) is -2.49. The molecule has 2 N–H and O–H groups in total. The monoisotopic (exact) mass is 151 g/mol. The average molecular weight is 151 g/mol. The van der Waals surface area contributed by atoms with Crippen molar-refractivity contribution in [2.75, 3.05) is 0 Å². The van der Waals surface area contributed by atoms with Crippen LogP contribution in [0.25, 0.3) is 0 Å². The van der Waals surface area contributed by atoms with Crippen molar-refractivity contribution in [2.24, 2.45) is 5.73 Å². The molecule has 1 amide bonds. The molecule has 6 heteroatoms. The van der Waals surface area contributed by atoms with Gasteiger partial charge in [0.1, 0.15) is 0 Å². The molecule has 0 fully saturated rings. The predicted octanol–water partition coefficient (Wildman–Crippen LogP) is -0.889. The maximum Gasteiger partial charge on any atom is 0.410 e. The number of primary amides is 1. The molecular formula is C3H5NO4S. The van der Waals surface area contributed by atoms with E-state index in [-0.39, 0.29) is 0 Å². The molecule has 0 spiro atoms. The molecular weight excluding hydrogens is 146 g/mol. The number of carbonyl (C=O) groups is 1. The van der Waals surface area contributed by atoms with Crippen LogP contribution in [0.15, 0.2) is 0 Å². The molecule has 0 aromatic rings. The molecule has 0 bridgehead atoms. The second kappa shape index (κ2) is 3.08. The largest absolute Gasteiger partial charge is 0.410 e. The highest BCUT2D eigenvalue weighted by Gasteiger charge is 1.96. The number of hydrogen-bond acceptors (Lipinski definition) is 4. The zero-order valence-electron chi connectivity index (χ0n) is 4.62. The Hall–Kier alpha value is -1.04. The van der Waals surface area contributed by atoms with Gasteiger partial charge in [0.05, 0.1) is 0 Å². The normalized spacial score (nSPS) is 8.11. The van der Waals surface area contributed by atoms with Gasteiger partial charge in [0.25, 0.3) is 10.3 Å². The zero-order chi connectivity index (χ0) is 7.44. The SMILES string of the molecule is CC(OC(N)=O)=S(=O)=O. The Labute approximate surface area is 52.9 Å². The average Bonchev–Trinajstić information content (AvgIpc) is 1.63. The highest BCUT2D eigenvalue weighted by molar-refractivity contribution is 7.72. The van der Waals surface area contributed by atoms with Crippen LogP contribution in [0.2, 0.25) is 0 Å². The van der Waals surface area contributed by atoms with Crippen LogP contribution >= 0.6 is 0 Å².